The standard InChI is InChI=1S/C14H21BrN2O2/c1-4-7-17-14(18)10(2)19-12-5-6-13(15)11(8-12)9-16-3/h5-6,8,10,16H,4,7,9H2,1-3H3,(H,17,18). The summed E-state index contributed by atoms with van der Waals surface area (Å²) in [6.07, 6.45) is 0.429. The second-order valence-corrected chi connectivity index (χ2v) is 5.19. The zero-order valence-corrected chi connectivity index (χ0v) is 13.2. The molecule has 1 atom stereocenters. The van der Waals surface area contributed by atoms with E-state index in [1.165, 1.54) is 0 Å². The van der Waals surface area contributed by atoms with E-state index in [1.807, 2.05) is 32.2 Å². The highest BCUT2D eigenvalue weighted by Gasteiger charge is 2.14. The van der Waals surface area contributed by atoms with Gasteiger partial charge in [0.1, 0.15) is 5.75 Å². The lowest BCUT2D eigenvalue weighted by Gasteiger charge is -2.15. The van der Waals surface area contributed by atoms with Gasteiger partial charge in [-0.3, -0.25) is 4.79 Å². The Bertz CT molecular complexity index is 424. The van der Waals surface area contributed by atoms with Crippen LogP contribution in [0.1, 0.15) is 25.8 Å². The summed E-state index contributed by atoms with van der Waals surface area (Å²) in [7, 11) is 1.89. The number of rotatable bonds is 7. The molecule has 2 N–H and O–H groups in total. The van der Waals surface area contributed by atoms with Crippen molar-refractivity contribution in [2.45, 2.75) is 32.9 Å². The van der Waals surface area contributed by atoms with E-state index in [4.69, 9.17) is 4.74 Å². The third kappa shape index (κ3) is 5.20. The van der Waals surface area contributed by atoms with Crippen LogP contribution >= 0.6 is 15.9 Å². The fourth-order valence-corrected chi connectivity index (χ4v) is 1.99. The maximum absolute atomic E-state index is 11.7. The fourth-order valence-electron chi connectivity index (χ4n) is 1.60. The van der Waals surface area contributed by atoms with Gasteiger partial charge in [0.05, 0.1) is 0 Å². The monoisotopic (exact) mass is 328 g/mol. The minimum absolute atomic E-state index is 0.0834. The van der Waals surface area contributed by atoms with Crippen LogP contribution < -0.4 is 15.4 Å². The van der Waals surface area contributed by atoms with Crippen LogP contribution in [0.2, 0.25) is 0 Å². The third-order valence-electron chi connectivity index (χ3n) is 2.62. The molecule has 1 aromatic rings. The number of nitrogens with one attached hydrogen (secondary N) is 2. The number of hydrogen-bond acceptors (Lipinski definition) is 3. The molecule has 0 aliphatic heterocycles. The zero-order chi connectivity index (χ0) is 14.3. The Balaban J connectivity index is 2.65. The van der Waals surface area contributed by atoms with Gasteiger partial charge in [-0.25, -0.2) is 0 Å². The molecule has 1 aromatic carbocycles. The second kappa shape index (κ2) is 8.17. The highest BCUT2D eigenvalue weighted by atomic mass is 79.9. The molecule has 5 heteroatoms. The molecule has 1 rings (SSSR count). The van der Waals surface area contributed by atoms with Crippen molar-refractivity contribution in [2.75, 3.05) is 13.6 Å². The topological polar surface area (TPSA) is 50.4 Å². The Labute approximate surface area is 123 Å². The second-order valence-electron chi connectivity index (χ2n) is 4.33. The number of halogens is 1. The van der Waals surface area contributed by atoms with E-state index in [9.17, 15) is 4.79 Å². The summed E-state index contributed by atoms with van der Waals surface area (Å²) in [5.41, 5.74) is 1.10. The van der Waals surface area contributed by atoms with Crippen molar-refractivity contribution in [3.63, 3.8) is 0 Å². The van der Waals surface area contributed by atoms with Crippen molar-refractivity contribution in [1.29, 1.82) is 0 Å². The van der Waals surface area contributed by atoms with Crippen molar-refractivity contribution in [2.24, 2.45) is 0 Å². The van der Waals surface area contributed by atoms with Crippen LogP contribution in [0.3, 0.4) is 0 Å². The number of carbonyl (C=O) groups is 1. The Hall–Kier alpha value is -1.07. The minimum Gasteiger partial charge on any atom is -0.481 e. The van der Waals surface area contributed by atoms with E-state index in [1.54, 1.807) is 6.92 Å². The van der Waals surface area contributed by atoms with E-state index >= 15 is 0 Å². The van der Waals surface area contributed by atoms with Crippen LogP contribution in [-0.2, 0) is 11.3 Å². The van der Waals surface area contributed by atoms with Gasteiger partial charge in [0.25, 0.3) is 5.91 Å². The predicted octanol–water partition coefficient (Wildman–Crippen LogP) is 2.46. The molecule has 0 aliphatic carbocycles. The van der Waals surface area contributed by atoms with Crippen molar-refractivity contribution in [1.82, 2.24) is 10.6 Å². The maximum Gasteiger partial charge on any atom is 0.260 e. The molecule has 0 aromatic heterocycles. The average Bonchev–Trinajstić information content (AvgIpc) is 2.40. The molecule has 0 bridgehead atoms. The first kappa shape index (κ1) is 16.0. The van der Waals surface area contributed by atoms with Crippen LogP contribution in [0.4, 0.5) is 0 Å². The van der Waals surface area contributed by atoms with Gasteiger partial charge in [0, 0.05) is 17.6 Å². The van der Waals surface area contributed by atoms with E-state index in [0.29, 0.717) is 12.3 Å². The summed E-state index contributed by atoms with van der Waals surface area (Å²) in [5.74, 6) is 0.618. The van der Waals surface area contributed by atoms with Crippen molar-refractivity contribution < 1.29 is 9.53 Å². The van der Waals surface area contributed by atoms with E-state index in [-0.39, 0.29) is 5.91 Å². The Morgan fingerprint density at radius 1 is 1.47 bits per heavy atom. The molecule has 0 saturated carbocycles. The predicted molar refractivity (Wildman–Crippen MR) is 80.3 cm³/mol. The molecule has 19 heavy (non-hydrogen) atoms. The normalized spacial score (nSPS) is 12.0. The summed E-state index contributed by atoms with van der Waals surface area (Å²) in [5, 5.41) is 5.91. The van der Waals surface area contributed by atoms with Crippen molar-refractivity contribution >= 4 is 21.8 Å². The highest BCUT2D eigenvalue weighted by Crippen LogP contribution is 2.23. The third-order valence-corrected chi connectivity index (χ3v) is 3.39. The first-order chi connectivity index (χ1) is 9.08. The summed E-state index contributed by atoms with van der Waals surface area (Å²) in [4.78, 5) is 11.7. The maximum atomic E-state index is 11.7. The largest absolute Gasteiger partial charge is 0.481 e. The lowest BCUT2D eigenvalue weighted by atomic mass is 10.2. The molecular formula is C14H21BrN2O2. The molecule has 0 spiro atoms. The molecule has 1 unspecified atom stereocenters. The quantitative estimate of drug-likeness (QED) is 0.808. The molecule has 1 amide bonds. The molecule has 0 aliphatic rings. The highest BCUT2D eigenvalue weighted by molar-refractivity contribution is 9.10. The molecule has 0 fully saturated rings. The van der Waals surface area contributed by atoms with Gasteiger partial charge >= 0.3 is 0 Å². The van der Waals surface area contributed by atoms with Crippen LogP contribution in [0.25, 0.3) is 0 Å². The summed E-state index contributed by atoms with van der Waals surface area (Å²) in [6.45, 7) is 5.20. The smallest absolute Gasteiger partial charge is 0.260 e. The molecule has 4 nitrogen and oxygen atoms in total. The van der Waals surface area contributed by atoms with Gasteiger partial charge in [0.2, 0.25) is 0 Å². The molecular weight excluding hydrogens is 308 g/mol. The number of carbonyl (C=O) groups excluding carboxylic acids is 1. The number of ether oxygens (including phenoxy) is 1. The Morgan fingerprint density at radius 3 is 2.84 bits per heavy atom. The van der Waals surface area contributed by atoms with Gasteiger partial charge in [-0.2, -0.15) is 0 Å². The van der Waals surface area contributed by atoms with Crippen LogP contribution in [0, 0.1) is 0 Å². The van der Waals surface area contributed by atoms with E-state index in [0.717, 1.165) is 23.0 Å². The lowest BCUT2D eigenvalue weighted by molar-refractivity contribution is -0.127. The average molecular weight is 329 g/mol. The molecule has 106 valence electrons. The SMILES string of the molecule is CCCNC(=O)C(C)Oc1ccc(Br)c(CNC)c1. The summed E-state index contributed by atoms with van der Waals surface area (Å²) >= 11 is 3.49. The molecule has 0 heterocycles. The number of hydrogen-bond donors (Lipinski definition) is 2. The van der Waals surface area contributed by atoms with Crippen LogP contribution in [0.15, 0.2) is 22.7 Å². The van der Waals surface area contributed by atoms with Gasteiger partial charge in [-0.1, -0.05) is 22.9 Å². The first-order valence-electron chi connectivity index (χ1n) is 6.45. The Morgan fingerprint density at radius 2 is 2.21 bits per heavy atom. The van der Waals surface area contributed by atoms with Crippen LogP contribution in [-0.4, -0.2) is 25.6 Å². The first-order valence-corrected chi connectivity index (χ1v) is 7.25. The Kier molecular flexibility index (Phi) is 6.87. The molecule has 0 radical (unpaired) electrons. The molecule has 0 saturated heterocycles. The van der Waals surface area contributed by atoms with Gasteiger partial charge < -0.3 is 15.4 Å². The zero-order valence-electron chi connectivity index (χ0n) is 11.6. The van der Waals surface area contributed by atoms with Gasteiger partial charge in [-0.05, 0) is 44.2 Å². The van der Waals surface area contributed by atoms with Crippen LogP contribution in [0.5, 0.6) is 5.75 Å². The van der Waals surface area contributed by atoms with Crippen molar-refractivity contribution in [3.8, 4) is 5.75 Å². The fraction of sp³-hybridized carbons (Fsp3) is 0.500. The van der Waals surface area contributed by atoms with E-state index in [2.05, 4.69) is 26.6 Å². The van der Waals surface area contributed by atoms with E-state index < -0.39 is 6.10 Å². The number of benzene rings is 1. The van der Waals surface area contributed by atoms with Crippen molar-refractivity contribution in [3.05, 3.63) is 28.2 Å². The van der Waals surface area contributed by atoms with Gasteiger partial charge in [0.15, 0.2) is 6.10 Å². The summed E-state index contributed by atoms with van der Waals surface area (Å²) in [6, 6.07) is 5.72. The lowest BCUT2D eigenvalue weighted by Crippen LogP contribution is -2.36. The van der Waals surface area contributed by atoms with Gasteiger partial charge in [-0.15, -0.1) is 0 Å². The number of amides is 1. The summed E-state index contributed by atoms with van der Waals surface area (Å²) < 4.78 is 6.68. The minimum atomic E-state index is -0.491.